The van der Waals surface area contributed by atoms with E-state index in [0.717, 1.165) is 16.5 Å². The van der Waals surface area contributed by atoms with Gasteiger partial charge in [0.15, 0.2) is 5.13 Å². The Hall–Kier alpha value is -2.06. The molecule has 0 saturated heterocycles. The highest BCUT2D eigenvalue weighted by Crippen LogP contribution is 2.39. The molecule has 0 radical (unpaired) electrons. The van der Waals surface area contributed by atoms with E-state index in [1.807, 2.05) is 16.8 Å². The highest BCUT2D eigenvalue weighted by atomic mass is 32.1. The molecule has 3 rings (SSSR count). The summed E-state index contributed by atoms with van der Waals surface area (Å²) in [7, 11) is 1.33. The lowest BCUT2D eigenvalue weighted by Crippen LogP contribution is -2.09. The number of hydrogen-bond donors (Lipinski definition) is 1. The lowest BCUT2D eigenvalue weighted by atomic mass is 10.1. The van der Waals surface area contributed by atoms with Gasteiger partial charge in [-0.05, 0) is 35.0 Å². The standard InChI is InChI=1S/C15H11F3N2OS2/c1-21-10-2-3-12(11(6-10)15(16,17)18)20-14-19-7-13(23-14)9-4-5-22-8-9/h2-8H,1H3,(H,19,20). The highest BCUT2D eigenvalue weighted by Gasteiger charge is 2.34. The van der Waals surface area contributed by atoms with Crippen LogP contribution in [0.25, 0.3) is 10.4 Å². The maximum atomic E-state index is 13.2. The van der Waals surface area contributed by atoms with Crippen molar-refractivity contribution in [2.75, 3.05) is 12.4 Å². The Kier molecular flexibility index (Phi) is 4.27. The molecule has 0 saturated carbocycles. The van der Waals surface area contributed by atoms with Crippen molar-refractivity contribution in [3.63, 3.8) is 0 Å². The number of thiazole rings is 1. The normalized spacial score (nSPS) is 11.5. The first-order valence-corrected chi connectivity index (χ1v) is 8.24. The lowest BCUT2D eigenvalue weighted by Gasteiger charge is -2.14. The van der Waals surface area contributed by atoms with Crippen LogP contribution in [-0.4, -0.2) is 12.1 Å². The number of thiophene rings is 1. The van der Waals surface area contributed by atoms with Crippen molar-refractivity contribution in [1.82, 2.24) is 4.98 Å². The van der Waals surface area contributed by atoms with E-state index in [-0.39, 0.29) is 11.4 Å². The van der Waals surface area contributed by atoms with Crippen LogP contribution in [0.4, 0.5) is 24.0 Å². The summed E-state index contributed by atoms with van der Waals surface area (Å²) < 4.78 is 44.4. The number of nitrogens with zero attached hydrogens (tertiary/aromatic N) is 1. The van der Waals surface area contributed by atoms with Crippen LogP contribution in [0, 0.1) is 0 Å². The Morgan fingerprint density at radius 1 is 1.22 bits per heavy atom. The summed E-state index contributed by atoms with van der Waals surface area (Å²) >= 11 is 2.85. The van der Waals surface area contributed by atoms with Crippen molar-refractivity contribution in [3.05, 3.63) is 46.8 Å². The SMILES string of the molecule is COc1ccc(Nc2ncc(-c3ccsc3)s2)c(C(F)(F)F)c1. The summed E-state index contributed by atoms with van der Waals surface area (Å²) in [4.78, 5) is 5.05. The predicted octanol–water partition coefficient (Wildman–Crippen LogP) is 5.64. The summed E-state index contributed by atoms with van der Waals surface area (Å²) in [6.07, 6.45) is -2.84. The number of halogens is 3. The van der Waals surface area contributed by atoms with E-state index in [2.05, 4.69) is 10.3 Å². The second kappa shape index (κ2) is 6.21. The van der Waals surface area contributed by atoms with Gasteiger partial charge in [0.05, 0.1) is 23.2 Å². The number of hydrogen-bond acceptors (Lipinski definition) is 5. The first-order chi connectivity index (χ1) is 11.0. The molecule has 0 aliphatic rings. The van der Waals surface area contributed by atoms with Gasteiger partial charge < -0.3 is 10.1 Å². The zero-order chi connectivity index (χ0) is 16.4. The van der Waals surface area contributed by atoms with Crippen molar-refractivity contribution in [2.45, 2.75) is 6.18 Å². The molecule has 0 atom stereocenters. The molecule has 1 N–H and O–H groups in total. The Morgan fingerprint density at radius 2 is 2.04 bits per heavy atom. The molecule has 2 heterocycles. The maximum absolute atomic E-state index is 13.2. The molecule has 0 bridgehead atoms. The van der Waals surface area contributed by atoms with E-state index >= 15 is 0 Å². The third-order valence-corrected chi connectivity index (χ3v) is 4.73. The fourth-order valence-electron chi connectivity index (χ4n) is 1.98. The zero-order valence-corrected chi connectivity index (χ0v) is 13.5. The van der Waals surface area contributed by atoms with Crippen LogP contribution < -0.4 is 10.1 Å². The van der Waals surface area contributed by atoms with Crippen molar-refractivity contribution in [3.8, 4) is 16.2 Å². The van der Waals surface area contributed by atoms with Crippen molar-refractivity contribution in [1.29, 1.82) is 0 Å². The van der Waals surface area contributed by atoms with E-state index in [1.165, 1.54) is 30.6 Å². The second-order valence-corrected chi connectivity index (χ2v) is 6.39. The summed E-state index contributed by atoms with van der Waals surface area (Å²) in [5, 5.41) is 7.05. The van der Waals surface area contributed by atoms with Crippen LogP contribution in [0.15, 0.2) is 41.2 Å². The average Bonchev–Trinajstić information content (AvgIpc) is 3.17. The van der Waals surface area contributed by atoms with Gasteiger partial charge in [-0.25, -0.2) is 4.98 Å². The summed E-state index contributed by atoms with van der Waals surface area (Å²) in [5.74, 6) is 0.154. The number of anilines is 2. The average molecular weight is 356 g/mol. The minimum absolute atomic E-state index is 0.0514. The molecule has 0 aliphatic carbocycles. The molecule has 2 aromatic heterocycles. The topological polar surface area (TPSA) is 34.1 Å². The summed E-state index contributed by atoms with van der Waals surface area (Å²) in [6, 6.07) is 5.73. The molecule has 23 heavy (non-hydrogen) atoms. The number of methoxy groups -OCH3 is 1. The molecular formula is C15H11F3N2OS2. The van der Waals surface area contributed by atoms with Gasteiger partial charge in [-0.2, -0.15) is 24.5 Å². The van der Waals surface area contributed by atoms with Crippen molar-refractivity contribution >= 4 is 33.5 Å². The van der Waals surface area contributed by atoms with E-state index in [0.29, 0.717) is 5.13 Å². The molecular weight excluding hydrogens is 345 g/mol. The predicted molar refractivity (Wildman–Crippen MR) is 86.7 cm³/mol. The number of ether oxygens (including phenoxy) is 1. The maximum Gasteiger partial charge on any atom is 0.418 e. The van der Waals surface area contributed by atoms with Crippen LogP contribution in [0.3, 0.4) is 0 Å². The van der Waals surface area contributed by atoms with Crippen molar-refractivity contribution in [2.24, 2.45) is 0 Å². The molecule has 0 fully saturated rings. The first-order valence-electron chi connectivity index (χ1n) is 6.48. The minimum Gasteiger partial charge on any atom is -0.497 e. The third kappa shape index (κ3) is 3.48. The number of benzene rings is 1. The highest BCUT2D eigenvalue weighted by molar-refractivity contribution is 7.19. The van der Waals surface area contributed by atoms with Crippen LogP contribution >= 0.6 is 22.7 Å². The fourth-order valence-corrected chi connectivity index (χ4v) is 3.53. The van der Waals surface area contributed by atoms with Crippen LogP contribution in [0.1, 0.15) is 5.56 Å². The molecule has 0 amide bonds. The zero-order valence-electron chi connectivity index (χ0n) is 11.8. The number of rotatable bonds is 4. The molecule has 0 aliphatic heterocycles. The molecule has 0 spiro atoms. The van der Waals surface area contributed by atoms with Gasteiger partial charge in [0.25, 0.3) is 0 Å². The first kappa shape index (κ1) is 15.8. The minimum atomic E-state index is -4.48. The Morgan fingerprint density at radius 3 is 2.70 bits per heavy atom. The number of aromatic nitrogens is 1. The van der Waals surface area contributed by atoms with Gasteiger partial charge in [-0.1, -0.05) is 11.3 Å². The molecule has 0 unspecified atom stereocenters. The lowest BCUT2D eigenvalue weighted by molar-refractivity contribution is -0.137. The van der Waals surface area contributed by atoms with Gasteiger partial charge in [-0.3, -0.25) is 0 Å². The Labute approximate surface area is 138 Å². The molecule has 3 aromatic rings. The van der Waals surface area contributed by atoms with E-state index in [1.54, 1.807) is 17.5 Å². The quantitative estimate of drug-likeness (QED) is 0.657. The van der Waals surface area contributed by atoms with E-state index in [4.69, 9.17) is 4.74 Å². The number of nitrogens with one attached hydrogen (secondary N) is 1. The molecule has 120 valence electrons. The van der Waals surface area contributed by atoms with Gasteiger partial charge in [-0.15, -0.1) is 0 Å². The smallest absolute Gasteiger partial charge is 0.418 e. The Bertz CT molecular complexity index is 797. The van der Waals surface area contributed by atoms with E-state index in [9.17, 15) is 13.2 Å². The molecule has 3 nitrogen and oxygen atoms in total. The van der Waals surface area contributed by atoms with Gasteiger partial charge in [0.1, 0.15) is 5.75 Å². The summed E-state index contributed by atoms with van der Waals surface area (Å²) in [5.41, 5.74) is 0.167. The number of alkyl halides is 3. The largest absolute Gasteiger partial charge is 0.497 e. The van der Waals surface area contributed by atoms with Crippen LogP contribution in [0.5, 0.6) is 5.75 Å². The van der Waals surface area contributed by atoms with Crippen LogP contribution in [0.2, 0.25) is 0 Å². The van der Waals surface area contributed by atoms with Gasteiger partial charge >= 0.3 is 6.18 Å². The van der Waals surface area contributed by atoms with Crippen LogP contribution in [-0.2, 0) is 6.18 Å². The molecule has 1 aromatic carbocycles. The van der Waals surface area contributed by atoms with Gasteiger partial charge in [0.2, 0.25) is 0 Å². The van der Waals surface area contributed by atoms with Gasteiger partial charge in [0, 0.05) is 11.8 Å². The Balaban J connectivity index is 1.91. The second-order valence-electron chi connectivity index (χ2n) is 4.58. The van der Waals surface area contributed by atoms with E-state index < -0.39 is 11.7 Å². The summed E-state index contributed by atoms with van der Waals surface area (Å²) in [6.45, 7) is 0. The third-order valence-electron chi connectivity index (χ3n) is 3.09. The fraction of sp³-hybridized carbons (Fsp3) is 0.133. The van der Waals surface area contributed by atoms with Crippen molar-refractivity contribution < 1.29 is 17.9 Å². The monoisotopic (exact) mass is 356 g/mol. The molecule has 8 heteroatoms.